The molecule has 0 saturated carbocycles. The van der Waals surface area contributed by atoms with Crippen LogP contribution in [0.25, 0.3) is 0 Å². The molecule has 9 heteroatoms. The van der Waals surface area contributed by atoms with Crippen LogP contribution in [0.1, 0.15) is 13.3 Å². The maximum Gasteiger partial charge on any atom is 0.297 e. The van der Waals surface area contributed by atoms with Gasteiger partial charge in [-0.15, -0.1) is 0 Å². The number of hydrazone groups is 1. The lowest BCUT2D eigenvalue weighted by atomic mass is 10.3. The van der Waals surface area contributed by atoms with E-state index >= 15 is 0 Å². The van der Waals surface area contributed by atoms with Gasteiger partial charge in [-0.05, 0) is 19.1 Å². The van der Waals surface area contributed by atoms with E-state index in [0.717, 1.165) is 5.01 Å². The highest BCUT2D eigenvalue weighted by Crippen LogP contribution is 2.38. The average Bonchev–Trinajstić information content (AvgIpc) is 2.56. The molecule has 1 aliphatic heterocycles. The molecule has 6 nitrogen and oxygen atoms in total. The predicted molar refractivity (Wildman–Crippen MR) is 71.5 cm³/mol. The molecule has 1 N–H and O–H groups in total. The molecule has 0 bridgehead atoms. The second-order valence-electron chi connectivity index (χ2n) is 3.90. The fourth-order valence-electron chi connectivity index (χ4n) is 1.67. The zero-order valence-corrected chi connectivity index (χ0v) is 11.9. The number of nitrogens with zero attached hydrogens (tertiary/aromatic N) is 2. The Morgan fingerprint density at radius 2 is 2.00 bits per heavy atom. The first-order valence-corrected chi connectivity index (χ1v) is 7.24. The van der Waals surface area contributed by atoms with Crippen LogP contribution in [-0.4, -0.2) is 24.6 Å². The number of benzene rings is 1. The topological polar surface area (TPSA) is 87.0 Å². The van der Waals surface area contributed by atoms with Crippen LogP contribution in [0.4, 0.5) is 5.69 Å². The number of carbonyl (C=O) groups excluding carboxylic acids is 1. The van der Waals surface area contributed by atoms with Crippen molar-refractivity contribution in [3.05, 3.63) is 22.2 Å². The van der Waals surface area contributed by atoms with Crippen LogP contribution >= 0.6 is 23.2 Å². The van der Waals surface area contributed by atoms with Crippen molar-refractivity contribution in [3.8, 4) is 0 Å². The van der Waals surface area contributed by atoms with Gasteiger partial charge in [0.15, 0.2) is 0 Å². The average molecular weight is 323 g/mol. The van der Waals surface area contributed by atoms with E-state index in [4.69, 9.17) is 27.8 Å². The SMILES string of the molecule is CC1=NN(c2ccc(Cl)c(S(=O)(=O)O)c2Cl)C(=O)C1. The zero-order chi connectivity index (χ0) is 14.4. The molecule has 0 saturated heterocycles. The first-order valence-electron chi connectivity index (χ1n) is 5.04. The Kier molecular flexibility index (Phi) is 3.57. The molecule has 0 unspecified atom stereocenters. The van der Waals surface area contributed by atoms with Gasteiger partial charge in [0, 0.05) is 5.71 Å². The molecule has 19 heavy (non-hydrogen) atoms. The molecule has 0 aromatic heterocycles. The van der Waals surface area contributed by atoms with Crippen LogP contribution < -0.4 is 5.01 Å². The molecule has 0 fully saturated rings. The largest absolute Gasteiger partial charge is 0.297 e. The fraction of sp³-hybridized carbons (Fsp3) is 0.200. The van der Waals surface area contributed by atoms with Gasteiger partial charge in [-0.25, -0.2) is 0 Å². The summed E-state index contributed by atoms with van der Waals surface area (Å²) in [6.45, 7) is 1.66. The molecule has 0 radical (unpaired) electrons. The molecule has 2 rings (SSSR count). The summed E-state index contributed by atoms with van der Waals surface area (Å²) < 4.78 is 31.6. The highest BCUT2D eigenvalue weighted by Gasteiger charge is 2.29. The summed E-state index contributed by atoms with van der Waals surface area (Å²) in [5.41, 5.74) is 0.630. The molecular formula is C10H8Cl2N2O4S. The lowest BCUT2D eigenvalue weighted by molar-refractivity contribution is -0.116. The third-order valence-corrected chi connectivity index (χ3v) is 4.29. The molecule has 1 aromatic carbocycles. The summed E-state index contributed by atoms with van der Waals surface area (Å²) in [5, 5.41) is 4.36. The van der Waals surface area contributed by atoms with Crippen molar-refractivity contribution in [2.24, 2.45) is 5.10 Å². The quantitative estimate of drug-likeness (QED) is 0.846. The molecule has 102 valence electrons. The molecule has 1 amide bonds. The molecule has 0 spiro atoms. The van der Waals surface area contributed by atoms with Crippen LogP contribution in [0, 0.1) is 0 Å². The number of amides is 1. The van der Waals surface area contributed by atoms with Gasteiger partial charge in [0.1, 0.15) is 4.90 Å². The van der Waals surface area contributed by atoms with E-state index in [0.29, 0.717) is 5.71 Å². The van der Waals surface area contributed by atoms with Crippen LogP contribution in [0.5, 0.6) is 0 Å². The number of anilines is 1. The first kappa shape index (κ1) is 14.3. The van der Waals surface area contributed by atoms with Gasteiger partial charge in [-0.3, -0.25) is 9.35 Å². The van der Waals surface area contributed by atoms with Gasteiger partial charge in [0.25, 0.3) is 16.0 Å². The highest BCUT2D eigenvalue weighted by atomic mass is 35.5. The fourth-order valence-corrected chi connectivity index (χ4v) is 3.35. The van der Waals surface area contributed by atoms with Crippen molar-refractivity contribution in [1.29, 1.82) is 0 Å². The van der Waals surface area contributed by atoms with Crippen molar-refractivity contribution in [1.82, 2.24) is 0 Å². The minimum absolute atomic E-state index is 0.0561. The van der Waals surface area contributed by atoms with Crippen LogP contribution in [0.2, 0.25) is 10.0 Å². The molecule has 0 aliphatic carbocycles. The summed E-state index contributed by atoms with van der Waals surface area (Å²) in [4.78, 5) is 11.1. The van der Waals surface area contributed by atoms with Crippen LogP contribution in [0.3, 0.4) is 0 Å². The Labute approximate surface area is 119 Å². The summed E-state index contributed by atoms with van der Waals surface area (Å²) in [6, 6.07) is 2.58. The highest BCUT2D eigenvalue weighted by molar-refractivity contribution is 7.86. The Morgan fingerprint density at radius 3 is 2.47 bits per heavy atom. The molecule has 0 atom stereocenters. The van der Waals surface area contributed by atoms with Crippen molar-refractivity contribution >= 4 is 50.6 Å². The number of hydrogen-bond donors (Lipinski definition) is 1. The maximum atomic E-state index is 11.7. The summed E-state index contributed by atoms with van der Waals surface area (Å²) in [7, 11) is -4.60. The van der Waals surface area contributed by atoms with E-state index in [1.165, 1.54) is 12.1 Å². The second kappa shape index (κ2) is 4.75. The van der Waals surface area contributed by atoms with Gasteiger partial charge in [-0.2, -0.15) is 18.5 Å². The van der Waals surface area contributed by atoms with E-state index in [1.54, 1.807) is 6.92 Å². The molecule has 1 aromatic rings. The second-order valence-corrected chi connectivity index (χ2v) is 6.05. The maximum absolute atomic E-state index is 11.7. The predicted octanol–water partition coefficient (Wildman–Crippen LogP) is 2.35. The number of rotatable bonds is 2. The van der Waals surface area contributed by atoms with Gasteiger partial charge in [0.05, 0.1) is 22.2 Å². The van der Waals surface area contributed by atoms with Gasteiger partial charge >= 0.3 is 0 Å². The normalized spacial score (nSPS) is 15.9. The zero-order valence-electron chi connectivity index (χ0n) is 9.59. The minimum atomic E-state index is -4.60. The van der Waals surface area contributed by atoms with E-state index < -0.39 is 15.0 Å². The Morgan fingerprint density at radius 1 is 1.37 bits per heavy atom. The van der Waals surface area contributed by atoms with Crippen molar-refractivity contribution in [2.75, 3.05) is 5.01 Å². The van der Waals surface area contributed by atoms with Gasteiger partial charge < -0.3 is 0 Å². The van der Waals surface area contributed by atoms with E-state index in [2.05, 4.69) is 5.10 Å². The number of hydrogen-bond acceptors (Lipinski definition) is 4. The number of halogens is 2. The van der Waals surface area contributed by atoms with Gasteiger partial charge in [-0.1, -0.05) is 23.2 Å². The van der Waals surface area contributed by atoms with Crippen molar-refractivity contribution in [3.63, 3.8) is 0 Å². The smallest absolute Gasteiger partial charge is 0.282 e. The Balaban J connectivity index is 2.65. The minimum Gasteiger partial charge on any atom is -0.282 e. The lowest BCUT2D eigenvalue weighted by Crippen LogP contribution is -2.20. The lowest BCUT2D eigenvalue weighted by Gasteiger charge is -2.15. The van der Waals surface area contributed by atoms with Crippen LogP contribution in [-0.2, 0) is 14.9 Å². The Bertz CT molecular complexity index is 700. The monoisotopic (exact) mass is 322 g/mol. The third kappa shape index (κ3) is 2.59. The molecule has 1 heterocycles. The Hall–Kier alpha value is -1.15. The summed E-state index contributed by atoms with van der Waals surface area (Å²) in [6.07, 6.45) is 0.125. The van der Waals surface area contributed by atoms with Gasteiger partial charge in [0.2, 0.25) is 0 Å². The van der Waals surface area contributed by atoms with E-state index in [1.807, 2.05) is 0 Å². The van der Waals surface area contributed by atoms with E-state index in [9.17, 15) is 13.2 Å². The summed E-state index contributed by atoms with van der Waals surface area (Å²) >= 11 is 11.6. The number of carbonyl (C=O) groups is 1. The van der Waals surface area contributed by atoms with Crippen molar-refractivity contribution < 1.29 is 17.8 Å². The third-order valence-electron chi connectivity index (χ3n) is 2.43. The standard InChI is InChI=1S/C10H8Cl2N2O4S/c1-5-4-8(15)14(13-5)7-3-2-6(11)10(9(7)12)19(16,17)18/h2-3H,4H2,1H3,(H,16,17,18). The summed E-state index contributed by atoms with van der Waals surface area (Å²) in [5.74, 6) is -0.344. The van der Waals surface area contributed by atoms with Crippen LogP contribution in [0.15, 0.2) is 22.1 Å². The first-order chi connectivity index (χ1) is 8.71. The van der Waals surface area contributed by atoms with E-state index in [-0.39, 0.29) is 28.1 Å². The van der Waals surface area contributed by atoms with Crippen molar-refractivity contribution in [2.45, 2.75) is 18.2 Å². The molecular weight excluding hydrogens is 315 g/mol. The molecule has 1 aliphatic rings.